The van der Waals surface area contributed by atoms with E-state index in [2.05, 4.69) is 41.1 Å². The van der Waals surface area contributed by atoms with E-state index in [0.29, 0.717) is 56.2 Å². The zero-order valence-corrected chi connectivity index (χ0v) is 44.0. The molecule has 18 nitrogen and oxygen atoms in total. The van der Waals surface area contributed by atoms with Gasteiger partial charge in [-0.3, -0.25) is 43.6 Å². The number of halogens is 2. The van der Waals surface area contributed by atoms with Gasteiger partial charge in [-0.1, -0.05) is 82.3 Å². The Kier molecular flexibility index (Phi) is 14.1. The van der Waals surface area contributed by atoms with E-state index in [9.17, 15) is 37.9 Å². The molecule has 3 saturated heterocycles. The van der Waals surface area contributed by atoms with Gasteiger partial charge in [0.1, 0.15) is 12.1 Å². The molecule has 5 aliphatic rings. The number of nitrogens with one attached hydrogen (secondary N) is 4. The number of aromatic amines is 1. The Labute approximate surface area is 438 Å². The highest BCUT2D eigenvalue weighted by molar-refractivity contribution is 7.13. The van der Waals surface area contributed by atoms with Crippen molar-refractivity contribution in [1.29, 1.82) is 0 Å². The van der Waals surface area contributed by atoms with Crippen molar-refractivity contribution in [1.82, 2.24) is 55.2 Å². The Morgan fingerprint density at radius 3 is 2.29 bits per heavy atom. The Morgan fingerprint density at radius 2 is 1.63 bits per heavy atom. The monoisotopic (exact) mass is 1050 g/mol. The van der Waals surface area contributed by atoms with Crippen molar-refractivity contribution in [2.45, 2.75) is 97.0 Å². The molecule has 2 aromatic carbocycles. The summed E-state index contributed by atoms with van der Waals surface area (Å²) < 4.78 is 30.9. The van der Waals surface area contributed by atoms with E-state index < -0.39 is 52.7 Å². The van der Waals surface area contributed by atoms with Crippen molar-refractivity contribution in [2.24, 2.45) is 22.7 Å². The number of carbonyl (C=O) groups is 5. The number of alkyl halides is 2. The average molecular weight is 1050 g/mol. The fourth-order valence-corrected chi connectivity index (χ4v) is 12.4. The van der Waals surface area contributed by atoms with Crippen molar-refractivity contribution >= 4 is 46.6 Å². The number of aromatic nitrogens is 5. The molecule has 0 radical (unpaired) electrons. The number of aliphatic hydroxyl groups is 1. The highest BCUT2D eigenvalue weighted by atomic mass is 32.1. The second-order valence-corrected chi connectivity index (χ2v) is 23.4. The van der Waals surface area contributed by atoms with Gasteiger partial charge >= 0.3 is 0 Å². The maximum atomic E-state index is 14.6. The standard InChI is InChI=1S/C54H66F2N12O6S/c1-31(33-12-14-35(15-13-33)47-32(2)57-30-75-47)59-49(72)41-20-38(69)27-67(41)51(74)48(52(3,4)5)61-43(70)28-64-16-18-65(19-17-64)29-44(71)66-24-36(25-66)46(34-10-8-7-9-11-34)68-26-37(23-58-68)60-50(73)45-39-21-42-53(6,54(42,55)56)22-40(39)62-63-45/h7-15,23,26,30-31,36,38,41-42,46,48,69H,16-22,24-25,27-29H2,1-6H3,(H,59,72)(H,60,73)(H,61,70)(H,62,63)/t31-,38+,41-,42-,46+,48+,53+/m0/s1. The quantitative estimate of drug-likeness (QED) is 0.0970. The summed E-state index contributed by atoms with van der Waals surface area (Å²) in [6, 6.07) is 15.3. The number of thiazole rings is 1. The zero-order valence-electron chi connectivity index (χ0n) is 43.2. The molecule has 7 atom stereocenters. The van der Waals surface area contributed by atoms with Gasteiger partial charge in [0.25, 0.3) is 11.8 Å². The maximum Gasteiger partial charge on any atom is 0.276 e. The molecule has 3 aromatic heterocycles. The predicted octanol–water partition coefficient (Wildman–Crippen LogP) is 4.70. The van der Waals surface area contributed by atoms with E-state index >= 15 is 0 Å². The van der Waals surface area contributed by atoms with Crippen LogP contribution < -0.4 is 16.0 Å². The lowest BCUT2D eigenvalue weighted by molar-refractivity contribution is -0.144. The first-order valence-corrected chi connectivity index (χ1v) is 26.7. The predicted molar refractivity (Wildman–Crippen MR) is 277 cm³/mol. The van der Waals surface area contributed by atoms with Gasteiger partial charge in [0.05, 0.1) is 59.2 Å². The molecule has 0 bridgehead atoms. The third-order valence-electron chi connectivity index (χ3n) is 16.3. The number of H-pyrrole nitrogens is 1. The summed E-state index contributed by atoms with van der Waals surface area (Å²) in [5, 5.41) is 31.3. The summed E-state index contributed by atoms with van der Waals surface area (Å²) in [6.45, 7) is 14.5. The molecule has 1 saturated carbocycles. The molecule has 3 aliphatic heterocycles. The summed E-state index contributed by atoms with van der Waals surface area (Å²) in [6.07, 6.45) is 2.73. The number of hydrogen-bond donors (Lipinski definition) is 5. The fourth-order valence-electron chi connectivity index (χ4n) is 11.6. The summed E-state index contributed by atoms with van der Waals surface area (Å²) >= 11 is 1.57. The zero-order chi connectivity index (χ0) is 53.1. The number of aryl methyl sites for hydroxylation is 1. The Balaban J connectivity index is 0.689. The van der Waals surface area contributed by atoms with Crippen LogP contribution in [0.1, 0.15) is 91.7 Å². The van der Waals surface area contributed by atoms with Gasteiger partial charge in [0, 0.05) is 93.4 Å². The molecule has 0 unspecified atom stereocenters. The second kappa shape index (κ2) is 20.3. The first-order valence-electron chi connectivity index (χ1n) is 25.8. The van der Waals surface area contributed by atoms with Gasteiger partial charge < -0.3 is 30.9 Å². The fraction of sp³-hybridized carbons (Fsp3) is 0.519. The van der Waals surface area contributed by atoms with E-state index in [-0.39, 0.29) is 80.3 Å². The number of likely N-dealkylation sites (tertiary alicyclic amines) is 2. The van der Waals surface area contributed by atoms with Crippen LogP contribution in [0.5, 0.6) is 0 Å². The number of benzene rings is 2. The van der Waals surface area contributed by atoms with E-state index in [1.54, 1.807) is 35.3 Å². The van der Waals surface area contributed by atoms with Crippen LogP contribution in [0.3, 0.4) is 0 Å². The third kappa shape index (κ3) is 10.3. The highest BCUT2D eigenvalue weighted by Gasteiger charge is 2.78. The van der Waals surface area contributed by atoms with Gasteiger partial charge in [-0.05, 0) is 42.4 Å². The van der Waals surface area contributed by atoms with Gasteiger partial charge in [0.2, 0.25) is 23.6 Å². The molecular formula is C54H66F2N12O6S. The van der Waals surface area contributed by atoms with E-state index in [1.165, 1.54) is 4.90 Å². The Hall–Kier alpha value is -6.42. The highest BCUT2D eigenvalue weighted by Crippen LogP contribution is 2.70. The van der Waals surface area contributed by atoms with Crippen molar-refractivity contribution < 1.29 is 37.9 Å². The summed E-state index contributed by atoms with van der Waals surface area (Å²) in [4.78, 5) is 81.6. The van der Waals surface area contributed by atoms with Crippen LogP contribution in [0, 0.1) is 29.6 Å². The lowest BCUT2D eigenvalue weighted by atomic mass is 9.85. The molecule has 10 rings (SSSR count). The van der Waals surface area contributed by atoms with Gasteiger partial charge in [0.15, 0.2) is 5.69 Å². The number of fused-ring (bicyclic) bond motifs is 2. The van der Waals surface area contributed by atoms with Crippen LogP contribution in [0.4, 0.5) is 14.5 Å². The number of aliphatic hydroxyl groups excluding tert-OH is 1. The minimum Gasteiger partial charge on any atom is -0.391 e. The largest absolute Gasteiger partial charge is 0.391 e. The van der Waals surface area contributed by atoms with E-state index in [4.69, 9.17) is 0 Å². The summed E-state index contributed by atoms with van der Waals surface area (Å²) in [5.41, 5.74) is 5.55. The number of anilines is 1. The number of hydrogen-bond acceptors (Lipinski definition) is 12. The van der Waals surface area contributed by atoms with E-state index in [0.717, 1.165) is 27.3 Å². The second-order valence-electron chi connectivity index (χ2n) is 22.5. The number of β-amino-alcohol motifs (C(OH)–C–C–N with tert-alkyl or cyclic N) is 1. The minimum absolute atomic E-state index is 0.000739. The first-order chi connectivity index (χ1) is 35.7. The van der Waals surface area contributed by atoms with Gasteiger partial charge in [-0.2, -0.15) is 10.2 Å². The van der Waals surface area contributed by atoms with E-state index in [1.807, 2.05) is 105 Å². The van der Waals surface area contributed by atoms with Crippen LogP contribution in [-0.2, 0) is 32.0 Å². The van der Waals surface area contributed by atoms with Crippen molar-refractivity contribution in [3.05, 3.63) is 106 Å². The lowest BCUT2D eigenvalue weighted by Gasteiger charge is -2.44. The molecule has 5 aromatic rings. The molecule has 6 heterocycles. The van der Waals surface area contributed by atoms with Crippen molar-refractivity contribution in [3.8, 4) is 10.4 Å². The van der Waals surface area contributed by atoms with Crippen LogP contribution in [0.2, 0.25) is 0 Å². The van der Waals surface area contributed by atoms with Gasteiger partial charge in [-0.25, -0.2) is 13.8 Å². The van der Waals surface area contributed by atoms with Crippen LogP contribution in [0.25, 0.3) is 10.4 Å². The van der Waals surface area contributed by atoms with Crippen LogP contribution in [0.15, 0.2) is 72.5 Å². The maximum absolute atomic E-state index is 14.6. The van der Waals surface area contributed by atoms with Crippen LogP contribution in [-0.4, -0.2) is 162 Å². The molecule has 398 valence electrons. The molecule has 4 fully saturated rings. The lowest BCUT2D eigenvalue weighted by Crippen LogP contribution is -2.59. The first kappa shape index (κ1) is 52.0. The smallest absolute Gasteiger partial charge is 0.276 e. The summed E-state index contributed by atoms with van der Waals surface area (Å²) in [7, 11) is 0. The molecule has 5 N–H and O–H groups in total. The van der Waals surface area contributed by atoms with Gasteiger partial charge in [-0.15, -0.1) is 11.3 Å². The normalized spacial score (nSPS) is 23.8. The number of rotatable bonds is 15. The van der Waals surface area contributed by atoms with Crippen molar-refractivity contribution in [2.75, 3.05) is 64.2 Å². The molecular weight excluding hydrogens is 983 g/mol. The summed E-state index contributed by atoms with van der Waals surface area (Å²) in [5.74, 6) is -5.18. The number of piperazine rings is 1. The third-order valence-corrected chi connectivity index (χ3v) is 17.2. The average Bonchev–Trinajstić information content (AvgIpc) is 4.08. The molecule has 75 heavy (non-hydrogen) atoms. The molecule has 5 amide bonds. The SMILES string of the molecule is Cc1ncsc1-c1ccc([C@H](C)NC(=O)[C@@H]2C[C@@H](O)CN2C(=O)[C@@H](NC(=O)CN2CCN(CC(=O)N3CC([C@@H](c4ccccc4)n4cc(NC(=O)c5n[nH]c6c5C[C@@H]5C(F)(F)[C@]5(C)C6)cn4)C3)CC2)C(C)(C)C)cc1. The number of nitrogens with zero attached hydrogens (tertiary/aromatic N) is 8. The molecule has 0 spiro atoms. The Morgan fingerprint density at radius 1 is 0.933 bits per heavy atom. The minimum atomic E-state index is -2.77. The Bertz CT molecular complexity index is 2940. The van der Waals surface area contributed by atoms with Crippen LogP contribution >= 0.6 is 11.3 Å². The van der Waals surface area contributed by atoms with Crippen molar-refractivity contribution in [3.63, 3.8) is 0 Å². The molecule has 21 heteroatoms. The topological polar surface area (TPSA) is 214 Å². The number of amides is 5. The molecule has 2 aliphatic carbocycles. The number of carbonyl (C=O) groups excluding carboxylic acids is 5.